The third kappa shape index (κ3) is 5.82. The molecule has 46 heavy (non-hydrogen) atoms. The van der Waals surface area contributed by atoms with Crippen molar-refractivity contribution in [3.05, 3.63) is 65.1 Å². The molecule has 2 N–H and O–H groups in total. The number of nitrogens with one attached hydrogen (secondary N) is 2. The number of halogens is 2. The van der Waals surface area contributed by atoms with E-state index in [1.165, 1.54) is 16.7 Å². The molecule has 4 aliphatic heterocycles. The average Bonchev–Trinajstić information content (AvgIpc) is 3.60. The van der Waals surface area contributed by atoms with Gasteiger partial charge >= 0.3 is 36.5 Å². The van der Waals surface area contributed by atoms with Crippen molar-refractivity contribution in [3.63, 3.8) is 0 Å². The van der Waals surface area contributed by atoms with Crippen LogP contribution < -0.4 is 50.0 Å². The second kappa shape index (κ2) is 12.3. The number of β-lactam (4-membered cyclic amide) rings is 1. The fraction of sp³-hybridized carbons (Fsp3) is 0.367. The number of aromatic nitrogens is 1. The van der Waals surface area contributed by atoms with Crippen LogP contribution in [0.4, 0.5) is 14.3 Å². The number of carboxylic acid groups (broad SMARTS) is 1. The van der Waals surface area contributed by atoms with Crippen LogP contribution in [0.1, 0.15) is 43.6 Å². The first kappa shape index (κ1) is 34.0. The minimum Gasteiger partial charge on any atom is -0.548 e. The second-order valence-electron chi connectivity index (χ2n) is 12.1. The van der Waals surface area contributed by atoms with Crippen LogP contribution >= 0.6 is 11.8 Å². The molecule has 5 heterocycles. The number of nitrogens with zero attached hydrogens (tertiary/aromatic N) is 3. The second-order valence-corrected chi connectivity index (χ2v) is 13.8. The molecule has 236 valence electrons. The molecular formula is C30H31BF2N5NaO6S. The molecular weight excluding hydrogens is 630 g/mol. The van der Waals surface area contributed by atoms with Crippen LogP contribution in [0.5, 0.6) is 5.75 Å². The normalized spacial score (nSPS) is 23.0. The van der Waals surface area contributed by atoms with Crippen LogP contribution in [0.3, 0.4) is 0 Å². The molecule has 0 unspecified atom stereocenters. The Kier molecular flexibility index (Phi) is 9.10. The van der Waals surface area contributed by atoms with Crippen molar-refractivity contribution in [1.29, 1.82) is 0 Å². The zero-order valence-corrected chi connectivity index (χ0v) is 28.8. The van der Waals surface area contributed by atoms with Gasteiger partial charge in [-0.2, -0.15) is 0 Å². The zero-order valence-electron chi connectivity index (χ0n) is 26.0. The fourth-order valence-corrected chi connectivity index (χ4v) is 8.11. The van der Waals surface area contributed by atoms with Gasteiger partial charge in [-0.3, -0.25) is 14.4 Å². The minimum absolute atomic E-state index is 0. The van der Waals surface area contributed by atoms with Gasteiger partial charge in [0.25, 0.3) is 5.91 Å². The molecule has 0 aliphatic carbocycles. The molecule has 3 atom stereocenters. The molecule has 4 aliphatic rings. The summed E-state index contributed by atoms with van der Waals surface area (Å²) < 4.78 is 38.0. The Hall–Kier alpha value is -3.40. The third-order valence-corrected chi connectivity index (χ3v) is 10.1. The smallest absolute Gasteiger partial charge is 0.548 e. The fourth-order valence-electron chi connectivity index (χ4n) is 6.49. The summed E-state index contributed by atoms with van der Waals surface area (Å²) in [6, 6.07) is 6.09. The van der Waals surface area contributed by atoms with Gasteiger partial charge in [-0.05, 0) is 69.3 Å². The Morgan fingerprint density at radius 3 is 2.50 bits per heavy atom. The van der Waals surface area contributed by atoms with E-state index < -0.39 is 47.0 Å². The van der Waals surface area contributed by atoms with Crippen LogP contribution in [-0.2, 0) is 19.2 Å². The van der Waals surface area contributed by atoms with Crippen LogP contribution in [0.2, 0.25) is 0 Å². The standard InChI is InChI=1S/C30H32BF2N5O6S.Na/c1-16-13-17(2)37-22(16)14-20-8-7-19(38(20)31(37,32)33)9-12-23(39)34-18-5-10-21(11-6-18)44-15-24(40)35-25-27(41)36-26(29(42)43)30(3,4)45-28(25)36;/h5-8,10-11,13-14,25-26,28H,9,12,15H2,1-4H3,(H,34,39)(H,35,40)(H,42,43);/q;+1/p-1/t25-,26+,28-;/m1./s1. The van der Waals surface area contributed by atoms with E-state index in [9.17, 15) is 24.3 Å². The summed E-state index contributed by atoms with van der Waals surface area (Å²) in [6.07, 6.45) is 5.12. The Bertz CT molecular complexity index is 1740. The molecule has 0 radical (unpaired) electrons. The Morgan fingerprint density at radius 1 is 1.13 bits per heavy atom. The zero-order chi connectivity index (χ0) is 32.4. The number of rotatable bonds is 9. The first-order valence-electron chi connectivity index (χ1n) is 14.5. The minimum atomic E-state index is -4.10. The van der Waals surface area contributed by atoms with Gasteiger partial charge in [0.1, 0.15) is 22.9 Å². The number of aryl methyl sites for hydroxylation is 2. The van der Waals surface area contributed by atoms with E-state index in [0.717, 1.165) is 14.5 Å². The quantitative estimate of drug-likeness (QED) is 0.255. The van der Waals surface area contributed by atoms with Crippen molar-refractivity contribution in [2.45, 2.75) is 62.7 Å². The maximum atomic E-state index is 15.6. The van der Waals surface area contributed by atoms with Crippen LogP contribution in [-0.4, -0.2) is 79.0 Å². The number of hydrogen-bond acceptors (Lipinski definition) is 7. The van der Waals surface area contributed by atoms with Gasteiger partial charge in [-0.1, -0.05) is 0 Å². The topological polar surface area (TPSA) is 136 Å². The molecule has 2 saturated heterocycles. The van der Waals surface area contributed by atoms with Gasteiger partial charge in [0.05, 0.1) is 12.0 Å². The molecule has 2 aromatic rings. The molecule has 3 amide bonds. The number of carboxylic acids is 1. The van der Waals surface area contributed by atoms with Gasteiger partial charge in [-0.25, -0.2) is 0 Å². The maximum absolute atomic E-state index is 15.6. The van der Waals surface area contributed by atoms with Crippen molar-refractivity contribution in [1.82, 2.24) is 14.7 Å². The van der Waals surface area contributed by atoms with E-state index in [-0.39, 0.29) is 54.9 Å². The summed E-state index contributed by atoms with van der Waals surface area (Å²) in [6.45, 7) is 2.42. The summed E-state index contributed by atoms with van der Waals surface area (Å²) in [7, 11) is 0. The van der Waals surface area contributed by atoms with Crippen molar-refractivity contribution in [2.75, 3.05) is 11.9 Å². The monoisotopic (exact) mass is 661 g/mol. The number of carbonyl (C=O) groups is 4. The molecule has 16 heteroatoms. The predicted molar refractivity (Wildman–Crippen MR) is 162 cm³/mol. The summed E-state index contributed by atoms with van der Waals surface area (Å²) in [5.41, 5.74) is 2.98. The number of fused-ring (bicyclic) bond motifs is 3. The SMILES string of the molecule is Cc1cc(C)n2c1C=C1C=CC(CCC(=O)Nc3ccc(OCC(=O)N[C@@H]4C(=O)N5[C@@H]4SC(C)(C)[C@@H]5C(=O)[O-])cc3)=[N+]1[B-]2(F)F.[Na+]. The molecule has 0 spiro atoms. The van der Waals surface area contributed by atoms with Gasteiger partial charge in [0.2, 0.25) is 11.8 Å². The average molecular weight is 661 g/mol. The number of aliphatic carboxylic acids is 1. The molecule has 0 bridgehead atoms. The van der Waals surface area contributed by atoms with E-state index in [1.807, 2.05) is 0 Å². The molecule has 11 nitrogen and oxygen atoms in total. The van der Waals surface area contributed by atoms with Crippen LogP contribution in [0.15, 0.2) is 48.2 Å². The number of hydrogen-bond donors (Lipinski definition) is 2. The van der Waals surface area contributed by atoms with Gasteiger partial charge < -0.3 is 47.8 Å². The van der Waals surface area contributed by atoms with Crippen molar-refractivity contribution >= 4 is 59.9 Å². The number of ether oxygens (including phenoxy) is 1. The number of anilines is 1. The number of carbonyl (C=O) groups excluding carboxylic acids is 4. The molecule has 6 rings (SSSR count). The van der Waals surface area contributed by atoms with Crippen molar-refractivity contribution < 1.29 is 71.7 Å². The van der Waals surface area contributed by atoms with Gasteiger partial charge in [-0.15, -0.1) is 11.8 Å². The summed E-state index contributed by atoms with van der Waals surface area (Å²) >= 11 is 1.29. The molecule has 1 aromatic heterocycles. The Morgan fingerprint density at radius 2 is 1.83 bits per heavy atom. The first-order chi connectivity index (χ1) is 21.2. The van der Waals surface area contributed by atoms with Crippen LogP contribution in [0.25, 0.3) is 6.08 Å². The van der Waals surface area contributed by atoms with Gasteiger partial charge in [0.15, 0.2) is 12.3 Å². The number of allylic oxidation sites excluding steroid dienone is 2. The van der Waals surface area contributed by atoms with E-state index in [2.05, 4.69) is 10.6 Å². The summed E-state index contributed by atoms with van der Waals surface area (Å²) in [4.78, 5) is 50.4. The third-order valence-electron chi connectivity index (χ3n) is 8.51. The predicted octanol–water partition coefficient (Wildman–Crippen LogP) is -1.20. The first-order valence-corrected chi connectivity index (χ1v) is 15.4. The Labute approximate surface area is 290 Å². The van der Waals surface area contributed by atoms with Crippen LogP contribution in [0, 0.1) is 13.8 Å². The van der Waals surface area contributed by atoms with E-state index in [0.29, 0.717) is 34.2 Å². The Balaban J connectivity index is 0.00000417. The van der Waals surface area contributed by atoms with E-state index in [4.69, 9.17) is 4.74 Å². The van der Waals surface area contributed by atoms with E-state index >= 15 is 8.63 Å². The number of amides is 3. The largest absolute Gasteiger partial charge is 1.00 e. The molecule has 0 saturated carbocycles. The van der Waals surface area contributed by atoms with Gasteiger partial charge in [0, 0.05) is 47.2 Å². The molecule has 1 aromatic carbocycles. The maximum Gasteiger partial charge on any atom is 1.00 e. The number of benzene rings is 1. The van der Waals surface area contributed by atoms with E-state index in [1.54, 1.807) is 76.3 Å². The van der Waals surface area contributed by atoms with Crippen molar-refractivity contribution in [2.24, 2.45) is 0 Å². The molecule has 2 fully saturated rings. The number of thioether (sulfide) groups is 1. The summed E-state index contributed by atoms with van der Waals surface area (Å²) in [5, 5.41) is 16.4. The summed E-state index contributed by atoms with van der Waals surface area (Å²) in [5.74, 6) is -2.37. The van der Waals surface area contributed by atoms with Crippen molar-refractivity contribution in [3.8, 4) is 5.75 Å².